The van der Waals surface area contributed by atoms with Crippen molar-refractivity contribution in [1.29, 1.82) is 0 Å². The van der Waals surface area contributed by atoms with E-state index in [-0.39, 0.29) is 5.54 Å². The third-order valence-corrected chi connectivity index (χ3v) is 4.55. The lowest BCUT2D eigenvalue weighted by Crippen LogP contribution is -2.09. The van der Waals surface area contributed by atoms with Gasteiger partial charge in [0, 0.05) is 4.47 Å². The minimum absolute atomic E-state index is 0.272. The summed E-state index contributed by atoms with van der Waals surface area (Å²) in [6.45, 7) is 6.25. The van der Waals surface area contributed by atoms with Crippen molar-refractivity contribution in [2.75, 3.05) is 0 Å². The minimum atomic E-state index is -0.272. The van der Waals surface area contributed by atoms with Gasteiger partial charge in [-0.3, -0.25) is 0 Å². The molecule has 0 atom stereocenters. The lowest BCUT2D eigenvalue weighted by atomic mass is 9.92. The van der Waals surface area contributed by atoms with Crippen molar-refractivity contribution in [3.05, 3.63) is 32.8 Å². The molecule has 16 heavy (non-hydrogen) atoms. The number of halogens is 1. The summed E-state index contributed by atoms with van der Waals surface area (Å²) in [7, 11) is 0. The number of isocyanates is 1. The fourth-order valence-corrected chi connectivity index (χ4v) is 2.81. The van der Waals surface area contributed by atoms with Crippen molar-refractivity contribution in [2.24, 2.45) is 4.99 Å². The highest BCUT2D eigenvalue weighted by Crippen LogP contribution is 2.52. The second-order valence-corrected chi connectivity index (χ2v) is 5.35. The summed E-state index contributed by atoms with van der Waals surface area (Å²) in [5.41, 5.74) is 4.58. The molecule has 0 bridgehead atoms. The third-order valence-electron chi connectivity index (χ3n) is 3.33. The molecule has 0 saturated heterocycles. The lowest BCUT2D eigenvalue weighted by Gasteiger charge is -2.18. The van der Waals surface area contributed by atoms with E-state index in [4.69, 9.17) is 0 Å². The van der Waals surface area contributed by atoms with Crippen molar-refractivity contribution in [2.45, 2.75) is 39.2 Å². The molecule has 2 rings (SSSR count). The molecule has 3 heteroatoms. The Balaban J connectivity index is 2.66. The molecular weight excluding hydrogens is 266 g/mol. The third kappa shape index (κ3) is 1.64. The molecule has 2 nitrogen and oxygen atoms in total. The van der Waals surface area contributed by atoms with Crippen molar-refractivity contribution in [3.63, 3.8) is 0 Å². The van der Waals surface area contributed by atoms with Crippen molar-refractivity contribution in [3.8, 4) is 0 Å². The van der Waals surface area contributed by atoms with Crippen molar-refractivity contribution < 1.29 is 4.79 Å². The van der Waals surface area contributed by atoms with Gasteiger partial charge in [0.05, 0.1) is 5.54 Å². The predicted molar refractivity (Wildman–Crippen MR) is 67.4 cm³/mol. The normalized spacial score (nSPS) is 16.8. The standard InChI is InChI=1S/C13H14BrNO/c1-8-6-9(2)12(14)10(3)11(8)13(4-5-13)15-7-16/h6H,4-5H2,1-3H3. The van der Waals surface area contributed by atoms with Crippen molar-refractivity contribution >= 4 is 22.0 Å². The second kappa shape index (κ2) is 3.83. The summed E-state index contributed by atoms with van der Waals surface area (Å²) in [5.74, 6) is 0. The van der Waals surface area contributed by atoms with Crippen LogP contribution in [0.5, 0.6) is 0 Å². The molecule has 1 aliphatic carbocycles. The van der Waals surface area contributed by atoms with Crippen LogP contribution in [0.15, 0.2) is 15.5 Å². The summed E-state index contributed by atoms with van der Waals surface area (Å²) in [5, 5.41) is 0. The maximum Gasteiger partial charge on any atom is 0.235 e. The molecular formula is C13H14BrNO. The molecule has 0 radical (unpaired) electrons. The van der Waals surface area contributed by atoms with Gasteiger partial charge in [0.2, 0.25) is 6.08 Å². The van der Waals surface area contributed by atoms with Crippen LogP contribution in [0.1, 0.15) is 35.1 Å². The van der Waals surface area contributed by atoms with Gasteiger partial charge in [-0.2, -0.15) is 4.99 Å². The first-order valence-electron chi connectivity index (χ1n) is 5.37. The van der Waals surface area contributed by atoms with E-state index in [1.807, 2.05) is 0 Å². The number of nitrogens with zero attached hydrogens (tertiary/aromatic N) is 1. The Bertz CT molecular complexity index is 497. The molecule has 0 aliphatic heterocycles. The Hall–Kier alpha value is -0.920. The molecule has 0 aromatic heterocycles. The Kier molecular flexibility index (Phi) is 2.77. The van der Waals surface area contributed by atoms with Crippen LogP contribution in [0, 0.1) is 20.8 Å². The number of benzene rings is 1. The maximum absolute atomic E-state index is 10.5. The van der Waals surface area contributed by atoms with Crippen LogP contribution in [0.4, 0.5) is 0 Å². The molecule has 1 aromatic carbocycles. The molecule has 0 heterocycles. The minimum Gasteiger partial charge on any atom is -0.211 e. The molecule has 0 spiro atoms. The van der Waals surface area contributed by atoms with E-state index in [1.54, 1.807) is 6.08 Å². The number of hydrogen-bond donors (Lipinski definition) is 0. The van der Waals surface area contributed by atoms with Crippen LogP contribution in [0.25, 0.3) is 0 Å². The molecule has 1 aromatic rings. The van der Waals surface area contributed by atoms with E-state index in [9.17, 15) is 4.79 Å². The van der Waals surface area contributed by atoms with E-state index in [0.717, 1.165) is 17.3 Å². The lowest BCUT2D eigenvalue weighted by molar-refractivity contribution is 0.556. The summed E-state index contributed by atoms with van der Waals surface area (Å²) in [6.07, 6.45) is 3.63. The zero-order valence-electron chi connectivity index (χ0n) is 9.72. The van der Waals surface area contributed by atoms with Gasteiger partial charge >= 0.3 is 0 Å². The highest BCUT2D eigenvalue weighted by atomic mass is 79.9. The Morgan fingerprint density at radius 2 is 1.94 bits per heavy atom. The smallest absolute Gasteiger partial charge is 0.211 e. The Morgan fingerprint density at radius 3 is 2.44 bits per heavy atom. The summed E-state index contributed by atoms with van der Waals surface area (Å²) in [4.78, 5) is 14.5. The number of carbonyl (C=O) groups excluding carboxylic acids is 1. The highest BCUT2D eigenvalue weighted by Gasteiger charge is 2.47. The van der Waals surface area contributed by atoms with Gasteiger partial charge in [0.15, 0.2) is 0 Å². The maximum atomic E-state index is 10.5. The summed E-state index contributed by atoms with van der Waals surface area (Å²) < 4.78 is 1.13. The Morgan fingerprint density at radius 1 is 1.31 bits per heavy atom. The average Bonchev–Trinajstić information content (AvgIpc) is 2.96. The fraction of sp³-hybridized carbons (Fsp3) is 0.462. The summed E-state index contributed by atoms with van der Waals surface area (Å²) >= 11 is 3.60. The number of hydrogen-bond acceptors (Lipinski definition) is 2. The SMILES string of the molecule is Cc1cc(C)c(C2(N=C=O)CC2)c(C)c1Br. The molecule has 1 saturated carbocycles. The van der Waals surface area contributed by atoms with E-state index in [0.29, 0.717) is 0 Å². The number of aliphatic imine (C=N–C) groups is 1. The quantitative estimate of drug-likeness (QED) is 0.600. The zero-order valence-corrected chi connectivity index (χ0v) is 11.3. The fourth-order valence-electron chi connectivity index (χ4n) is 2.50. The zero-order chi connectivity index (χ0) is 11.9. The topological polar surface area (TPSA) is 29.4 Å². The van der Waals surface area contributed by atoms with Gasteiger partial charge in [0.1, 0.15) is 0 Å². The average molecular weight is 280 g/mol. The van der Waals surface area contributed by atoms with Gasteiger partial charge in [-0.15, -0.1) is 0 Å². The van der Waals surface area contributed by atoms with Crippen molar-refractivity contribution in [1.82, 2.24) is 0 Å². The van der Waals surface area contributed by atoms with Gasteiger partial charge in [0.25, 0.3) is 0 Å². The molecule has 0 unspecified atom stereocenters. The molecule has 1 aliphatic rings. The first-order valence-corrected chi connectivity index (χ1v) is 6.17. The van der Waals surface area contributed by atoms with Gasteiger partial charge < -0.3 is 0 Å². The Labute approximate surface area is 104 Å². The van der Waals surface area contributed by atoms with E-state index >= 15 is 0 Å². The van der Waals surface area contributed by atoms with E-state index in [1.165, 1.54) is 22.3 Å². The van der Waals surface area contributed by atoms with Crippen LogP contribution in [0.2, 0.25) is 0 Å². The molecule has 0 N–H and O–H groups in total. The van der Waals surface area contributed by atoms with E-state index < -0.39 is 0 Å². The first-order chi connectivity index (χ1) is 7.52. The van der Waals surface area contributed by atoms with Crippen LogP contribution in [-0.2, 0) is 10.3 Å². The molecule has 84 valence electrons. The van der Waals surface area contributed by atoms with Crippen LogP contribution in [-0.4, -0.2) is 6.08 Å². The van der Waals surface area contributed by atoms with Gasteiger partial charge in [-0.25, -0.2) is 4.79 Å². The largest absolute Gasteiger partial charge is 0.235 e. The molecule has 0 amide bonds. The molecule has 1 fully saturated rings. The first kappa shape index (κ1) is 11.6. The number of rotatable bonds is 2. The van der Waals surface area contributed by atoms with Gasteiger partial charge in [-0.1, -0.05) is 22.0 Å². The van der Waals surface area contributed by atoms with Crippen LogP contribution < -0.4 is 0 Å². The van der Waals surface area contributed by atoms with Crippen LogP contribution >= 0.6 is 15.9 Å². The monoisotopic (exact) mass is 279 g/mol. The second-order valence-electron chi connectivity index (χ2n) is 4.56. The number of aryl methyl sites for hydroxylation is 2. The van der Waals surface area contributed by atoms with Crippen LogP contribution in [0.3, 0.4) is 0 Å². The predicted octanol–water partition coefficient (Wildman–Crippen LogP) is 3.70. The van der Waals surface area contributed by atoms with E-state index in [2.05, 4.69) is 47.8 Å². The summed E-state index contributed by atoms with van der Waals surface area (Å²) in [6, 6.07) is 2.15. The highest BCUT2D eigenvalue weighted by molar-refractivity contribution is 9.10. The van der Waals surface area contributed by atoms with Gasteiger partial charge in [-0.05, 0) is 55.9 Å².